The highest BCUT2D eigenvalue weighted by Crippen LogP contribution is 2.19. The molecule has 0 radical (unpaired) electrons. The normalized spacial score (nSPS) is 13.8. The van der Waals surface area contributed by atoms with Gasteiger partial charge in [0.25, 0.3) is 10.1 Å². The minimum absolute atomic E-state index is 0.467. The fourth-order valence-corrected chi connectivity index (χ4v) is 2.41. The van der Waals surface area contributed by atoms with Crippen molar-refractivity contribution in [1.82, 2.24) is 0 Å². The van der Waals surface area contributed by atoms with Gasteiger partial charge in [-0.3, -0.25) is 4.55 Å². The van der Waals surface area contributed by atoms with Crippen LogP contribution >= 0.6 is 0 Å². The van der Waals surface area contributed by atoms with E-state index >= 15 is 0 Å². The minimum Gasteiger partial charge on any atom is -0.323 e. The van der Waals surface area contributed by atoms with Gasteiger partial charge in [0.15, 0.2) is 0 Å². The van der Waals surface area contributed by atoms with Crippen LogP contribution in [0.25, 0.3) is 10.8 Å². The maximum absolute atomic E-state index is 10.8. The molecule has 4 nitrogen and oxygen atoms in total. The monoisotopic (exact) mass is 251 g/mol. The highest BCUT2D eigenvalue weighted by molar-refractivity contribution is 7.85. The summed E-state index contributed by atoms with van der Waals surface area (Å²) < 4.78 is 30.3. The molecule has 0 aliphatic carbocycles. The van der Waals surface area contributed by atoms with Crippen molar-refractivity contribution in [3.05, 3.63) is 48.0 Å². The first kappa shape index (κ1) is 12.0. The third kappa shape index (κ3) is 3.03. The lowest BCUT2D eigenvalue weighted by Gasteiger charge is -2.10. The standard InChI is InChI=1S/C12H13NO3S/c13-12(8-17(14,15)16)11-6-5-9-3-1-2-4-10(9)7-11/h1-7,12H,8,13H2,(H,14,15,16). The summed E-state index contributed by atoms with van der Waals surface area (Å²) in [5.74, 6) is -0.467. The van der Waals surface area contributed by atoms with E-state index in [2.05, 4.69) is 0 Å². The van der Waals surface area contributed by atoms with Crippen molar-refractivity contribution in [2.45, 2.75) is 6.04 Å². The summed E-state index contributed by atoms with van der Waals surface area (Å²) in [4.78, 5) is 0. The molecule has 1 atom stereocenters. The van der Waals surface area contributed by atoms with Gasteiger partial charge in [0.05, 0.1) is 5.75 Å². The third-order valence-electron chi connectivity index (χ3n) is 2.59. The number of hydrogen-bond donors (Lipinski definition) is 2. The van der Waals surface area contributed by atoms with E-state index in [1.165, 1.54) is 0 Å². The molecule has 0 bridgehead atoms. The summed E-state index contributed by atoms with van der Waals surface area (Å²) in [6, 6.07) is 12.5. The van der Waals surface area contributed by atoms with Crippen LogP contribution in [0.15, 0.2) is 42.5 Å². The maximum Gasteiger partial charge on any atom is 0.266 e. The van der Waals surface area contributed by atoms with Gasteiger partial charge in [0.1, 0.15) is 0 Å². The van der Waals surface area contributed by atoms with E-state index in [4.69, 9.17) is 10.3 Å². The van der Waals surface area contributed by atoms with Crippen molar-refractivity contribution in [3.63, 3.8) is 0 Å². The molecule has 5 heteroatoms. The Balaban J connectivity index is 2.36. The van der Waals surface area contributed by atoms with Crippen LogP contribution in [0.3, 0.4) is 0 Å². The Bertz CT molecular complexity index is 637. The van der Waals surface area contributed by atoms with Crippen LogP contribution < -0.4 is 5.73 Å². The zero-order valence-corrected chi connectivity index (χ0v) is 9.89. The minimum atomic E-state index is -4.05. The predicted molar refractivity (Wildman–Crippen MR) is 67.3 cm³/mol. The Morgan fingerprint density at radius 1 is 1.12 bits per heavy atom. The lowest BCUT2D eigenvalue weighted by Crippen LogP contribution is -2.21. The number of benzene rings is 2. The number of rotatable bonds is 3. The second-order valence-corrected chi connectivity index (χ2v) is 5.46. The van der Waals surface area contributed by atoms with Gasteiger partial charge in [-0.15, -0.1) is 0 Å². The molecule has 0 heterocycles. The van der Waals surface area contributed by atoms with Crippen molar-refractivity contribution < 1.29 is 13.0 Å². The summed E-state index contributed by atoms with van der Waals surface area (Å²) in [5, 5.41) is 2.06. The second kappa shape index (κ2) is 4.44. The zero-order valence-electron chi connectivity index (χ0n) is 9.08. The summed E-state index contributed by atoms with van der Waals surface area (Å²) in [7, 11) is -4.05. The van der Waals surface area contributed by atoms with Crippen LogP contribution in [0.4, 0.5) is 0 Å². The first-order valence-electron chi connectivity index (χ1n) is 5.15. The van der Waals surface area contributed by atoms with E-state index < -0.39 is 21.9 Å². The molecule has 0 spiro atoms. The first-order chi connectivity index (χ1) is 7.96. The molecule has 17 heavy (non-hydrogen) atoms. The molecule has 2 aromatic carbocycles. The fraction of sp³-hybridized carbons (Fsp3) is 0.167. The number of nitrogens with two attached hydrogens (primary N) is 1. The number of fused-ring (bicyclic) bond motifs is 1. The molecule has 0 saturated carbocycles. The average Bonchev–Trinajstić information content (AvgIpc) is 2.26. The maximum atomic E-state index is 10.8. The Morgan fingerprint density at radius 3 is 2.41 bits per heavy atom. The van der Waals surface area contributed by atoms with Gasteiger partial charge in [0, 0.05) is 6.04 Å². The molecule has 0 saturated heterocycles. The molecular weight excluding hydrogens is 238 g/mol. The van der Waals surface area contributed by atoms with E-state index in [-0.39, 0.29) is 0 Å². The average molecular weight is 251 g/mol. The molecule has 90 valence electrons. The summed E-state index contributed by atoms with van der Waals surface area (Å²) >= 11 is 0. The van der Waals surface area contributed by atoms with Gasteiger partial charge < -0.3 is 5.73 Å². The molecule has 2 aromatic rings. The zero-order chi connectivity index (χ0) is 12.5. The third-order valence-corrected chi connectivity index (χ3v) is 3.37. The predicted octanol–water partition coefficient (Wildman–Crippen LogP) is 1.73. The molecule has 1 unspecified atom stereocenters. The summed E-state index contributed by atoms with van der Waals surface area (Å²) in [6.07, 6.45) is 0. The van der Waals surface area contributed by atoms with Crippen LogP contribution in [-0.4, -0.2) is 18.7 Å². The first-order valence-corrected chi connectivity index (χ1v) is 6.76. The van der Waals surface area contributed by atoms with E-state index in [0.29, 0.717) is 5.56 Å². The molecule has 0 amide bonds. The Labute approximate surface area is 99.8 Å². The molecular formula is C12H13NO3S. The van der Waals surface area contributed by atoms with Crippen molar-refractivity contribution in [1.29, 1.82) is 0 Å². The molecule has 0 aromatic heterocycles. The lowest BCUT2D eigenvalue weighted by molar-refractivity contribution is 0.478. The highest BCUT2D eigenvalue weighted by atomic mass is 32.2. The topological polar surface area (TPSA) is 80.4 Å². The molecule has 3 N–H and O–H groups in total. The van der Waals surface area contributed by atoms with Gasteiger partial charge in [-0.1, -0.05) is 36.4 Å². The van der Waals surface area contributed by atoms with Crippen LogP contribution in [-0.2, 0) is 10.1 Å². The molecule has 2 rings (SSSR count). The SMILES string of the molecule is NC(CS(=O)(=O)O)c1ccc2ccccc2c1. The largest absolute Gasteiger partial charge is 0.323 e. The van der Waals surface area contributed by atoms with Crippen LogP contribution in [0.5, 0.6) is 0 Å². The Morgan fingerprint density at radius 2 is 1.76 bits per heavy atom. The summed E-state index contributed by atoms with van der Waals surface area (Å²) in [6.45, 7) is 0. The molecule has 0 aliphatic rings. The van der Waals surface area contributed by atoms with Gasteiger partial charge in [-0.05, 0) is 22.4 Å². The van der Waals surface area contributed by atoms with Crippen LogP contribution in [0.2, 0.25) is 0 Å². The van der Waals surface area contributed by atoms with Gasteiger partial charge in [-0.25, -0.2) is 0 Å². The van der Waals surface area contributed by atoms with Crippen LogP contribution in [0.1, 0.15) is 11.6 Å². The van der Waals surface area contributed by atoms with Gasteiger partial charge in [-0.2, -0.15) is 8.42 Å². The van der Waals surface area contributed by atoms with Crippen molar-refractivity contribution >= 4 is 20.9 Å². The second-order valence-electron chi connectivity index (χ2n) is 3.96. The number of hydrogen-bond acceptors (Lipinski definition) is 3. The molecule has 0 aliphatic heterocycles. The summed E-state index contributed by atoms with van der Waals surface area (Å²) in [5.41, 5.74) is 6.43. The van der Waals surface area contributed by atoms with Crippen LogP contribution in [0, 0.1) is 0 Å². The van der Waals surface area contributed by atoms with E-state index in [1.54, 1.807) is 6.07 Å². The van der Waals surface area contributed by atoms with Crippen molar-refractivity contribution in [2.75, 3.05) is 5.75 Å². The van der Waals surface area contributed by atoms with Gasteiger partial charge in [0.2, 0.25) is 0 Å². The lowest BCUT2D eigenvalue weighted by atomic mass is 10.0. The highest BCUT2D eigenvalue weighted by Gasteiger charge is 2.14. The van der Waals surface area contributed by atoms with Crippen molar-refractivity contribution in [3.8, 4) is 0 Å². The molecule has 0 fully saturated rings. The Hall–Kier alpha value is -1.43. The quantitative estimate of drug-likeness (QED) is 0.814. The Kier molecular flexibility index (Phi) is 3.15. The fourth-order valence-electron chi connectivity index (χ4n) is 1.76. The smallest absolute Gasteiger partial charge is 0.266 e. The van der Waals surface area contributed by atoms with Gasteiger partial charge >= 0.3 is 0 Å². The van der Waals surface area contributed by atoms with E-state index in [9.17, 15) is 8.42 Å². The van der Waals surface area contributed by atoms with Crippen molar-refractivity contribution in [2.24, 2.45) is 5.73 Å². The van der Waals surface area contributed by atoms with E-state index in [0.717, 1.165) is 10.8 Å². The van der Waals surface area contributed by atoms with E-state index in [1.807, 2.05) is 36.4 Å².